The van der Waals surface area contributed by atoms with Crippen LogP contribution in [0.15, 0.2) is 89.1 Å². The van der Waals surface area contributed by atoms with E-state index >= 15 is 0 Å². The molecule has 2 aromatic carbocycles. The summed E-state index contributed by atoms with van der Waals surface area (Å²) in [7, 11) is 0. The maximum atomic E-state index is 6.10. The summed E-state index contributed by atoms with van der Waals surface area (Å²) in [5.74, 6) is 2.89. The van der Waals surface area contributed by atoms with Gasteiger partial charge in [-0.15, -0.1) is 0 Å². The summed E-state index contributed by atoms with van der Waals surface area (Å²) < 4.78 is 8.16. The first-order valence-electron chi connectivity index (χ1n) is 10.5. The fourth-order valence-electron chi connectivity index (χ4n) is 3.62. The molecule has 1 N–H and O–H groups in total. The van der Waals surface area contributed by atoms with Crippen molar-refractivity contribution in [2.24, 2.45) is 9.98 Å². The summed E-state index contributed by atoms with van der Waals surface area (Å²) in [4.78, 5) is 13.5. The Bertz CT molecular complexity index is 1270. The third-order valence-corrected chi connectivity index (χ3v) is 5.20. The molecular weight excluding hydrogens is 386 g/mol. The molecule has 3 heterocycles. The van der Waals surface area contributed by atoms with Gasteiger partial charge in [-0.3, -0.25) is 4.99 Å². The smallest absolute Gasteiger partial charge is 0.225 e. The maximum absolute atomic E-state index is 6.10. The van der Waals surface area contributed by atoms with Crippen molar-refractivity contribution in [1.82, 2.24) is 9.55 Å². The largest absolute Gasteiger partial charge is 0.443 e. The molecule has 0 amide bonds. The summed E-state index contributed by atoms with van der Waals surface area (Å²) >= 11 is 0. The van der Waals surface area contributed by atoms with Crippen molar-refractivity contribution in [2.45, 2.75) is 19.8 Å². The lowest BCUT2D eigenvalue weighted by Gasteiger charge is -2.15. The zero-order valence-corrected chi connectivity index (χ0v) is 17.3. The fraction of sp³-hybridized carbons (Fsp3) is 0.160. The Morgan fingerprint density at radius 3 is 2.87 bits per heavy atom. The van der Waals surface area contributed by atoms with Gasteiger partial charge < -0.3 is 14.6 Å². The van der Waals surface area contributed by atoms with Crippen LogP contribution in [0.4, 0.5) is 5.69 Å². The van der Waals surface area contributed by atoms with Gasteiger partial charge in [-0.2, -0.15) is 4.99 Å². The van der Waals surface area contributed by atoms with Crippen molar-refractivity contribution < 1.29 is 4.74 Å². The van der Waals surface area contributed by atoms with Gasteiger partial charge in [0.25, 0.3) is 0 Å². The molecular formula is C25H23N5O. The number of anilines is 1. The molecule has 0 atom stereocenters. The normalized spacial score (nSPS) is 13.6. The zero-order valence-electron chi connectivity index (χ0n) is 17.3. The van der Waals surface area contributed by atoms with Crippen LogP contribution in [0.2, 0.25) is 0 Å². The second-order valence-electron chi connectivity index (χ2n) is 7.34. The number of aromatic nitrogens is 2. The van der Waals surface area contributed by atoms with Crippen molar-refractivity contribution in [2.75, 3.05) is 11.9 Å². The molecule has 6 nitrogen and oxygen atoms in total. The van der Waals surface area contributed by atoms with Crippen LogP contribution in [0.25, 0.3) is 16.7 Å². The van der Waals surface area contributed by atoms with Crippen molar-refractivity contribution >= 4 is 28.4 Å². The Kier molecular flexibility index (Phi) is 5.19. The van der Waals surface area contributed by atoms with E-state index in [-0.39, 0.29) is 0 Å². The number of ether oxygens (including phenoxy) is 1. The van der Waals surface area contributed by atoms with Gasteiger partial charge in [-0.05, 0) is 60.5 Å². The molecule has 0 saturated heterocycles. The van der Waals surface area contributed by atoms with Gasteiger partial charge in [-0.25, -0.2) is 4.98 Å². The maximum Gasteiger partial charge on any atom is 0.225 e. The summed E-state index contributed by atoms with van der Waals surface area (Å²) in [6, 6.07) is 22.3. The number of guanidine groups is 1. The average molecular weight is 409 g/mol. The second-order valence-corrected chi connectivity index (χ2v) is 7.34. The molecule has 4 aromatic rings. The van der Waals surface area contributed by atoms with Crippen LogP contribution < -0.4 is 10.1 Å². The van der Waals surface area contributed by atoms with E-state index in [1.165, 1.54) is 5.56 Å². The molecule has 0 radical (unpaired) electrons. The molecule has 31 heavy (non-hydrogen) atoms. The highest BCUT2D eigenvalue weighted by molar-refractivity contribution is 6.03. The number of benzene rings is 2. The number of hydrogen-bond acceptors (Lipinski definition) is 5. The van der Waals surface area contributed by atoms with Crippen molar-refractivity contribution in [3.05, 3.63) is 84.7 Å². The molecule has 0 unspecified atom stereocenters. The zero-order chi connectivity index (χ0) is 21.0. The van der Waals surface area contributed by atoms with Gasteiger partial charge in [0.15, 0.2) is 5.90 Å². The number of rotatable bonds is 4. The van der Waals surface area contributed by atoms with Gasteiger partial charge in [0.2, 0.25) is 5.96 Å². The van der Waals surface area contributed by atoms with Crippen LogP contribution in [-0.4, -0.2) is 28.0 Å². The highest BCUT2D eigenvalue weighted by Gasteiger charge is 2.12. The molecule has 5 rings (SSSR count). The van der Waals surface area contributed by atoms with Crippen LogP contribution in [0.1, 0.15) is 18.9 Å². The van der Waals surface area contributed by atoms with E-state index in [2.05, 4.69) is 50.0 Å². The van der Waals surface area contributed by atoms with Crippen LogP contribution in [0.5, 0.6) is 5.75 Å². The molecule has 1 aliphatic heterocycles. The summed E-state index contributed by atoms with van der Waals surface area (Å²) in [5.41, 5.74) is 3.34. The van der Waals surface area contributed by atoms with Crippen molar-refractivity contribution in [3.63, 3.8) is 0 Å². The van der Waals surface area contributed by atoms with Crippen LogP contribution in [0, 0.1) is 0 Å². The number of nitrogens with zero attached hydrogens (tertiary/aromatic N) is 4. The highest BCUT2D eigenvalue weighted by Crippen LogP contribution is 2.25. The van der Waals surface area contributed by atoms with Crippen LogP contribution in [0.3, 0.4) is 0 Å². The number of pyridine rings is 1. The first kappa shape index (κ1) is 19.1. The van der Waals surface area contributed by atoms with E-state index in [0.717, 1.165) is 34.6 Å². The summed E-state index contributed by atoms with van der Waals surface area (Å²) in [5, 5.41) is 4.38. The third-order valence-electron chi connectivity index (χ3n) is 5.20. The Hall–Kier alpha value is -3.93. The standard InChI is InChI=1S/C25H23N5O/c1-2-18-6-5-7-20(16-18)28-25-27-14-11-24(29-25)31-21-9-10-22-19(17-21)12-15-30(22)23-8-3-4-13-26-23/h3-10,12-13,15-17H,2,11,14H2,1H3,(H,27,28). The quantitative estimate of drug-likeness (QED) is 0.501. The summed E-state index contributed by atoms with van der Waals surface area (Å²) in [6.07, 6.45) is 5.48. The van der Waals surface area contributed by atoms with Crippen molar-refractivity contribution in [1.29, 1.82) is 0 Å². The Balaban J connectivity index is 1.34. The number of fused-ring (bicyclic) bond motifs is 1. The van der Waals surface area contributed by atoms with Gasteiger partial charge >= 0.3 is 0 Å². The minimum atomic E-state index is 0.580. The van der Waals surface area contributed by atoms with Gasteiger partial charge in [0.1, 0.15) is 11.6 Å². The number of hydrogen-bond donors (Lipinski definition) is 1. The van der Waals surface area contributed by atoms with Crippen LogP contribution >= 0.6 is 0 Å². The number of aliphatic imine (C=N–C) groups is 2. The van der Waals surface area contributed by atoms with E-state index in [1.807, 2.05) is 54.7 Å². The number of nitrogens with one attached hydrogen (secondary N) is 1. The molecule has 0 fully saturated rings. The molecule has 2 aromatic heterocycles. The van der Waals surface area contributed by atoms with Crippen LogP contribution in [-0.2, 0) is 6.42 Å². The first-order valence-corrected chi connectivity index (χ1v) is 10.5. The fourth-order valence-corrected chi connectivity index (χ4v) is 3.62. The molecule has 154 valence electrons. The Morgan fingerprint density at radius 1 is 1.03 bits per heavy atom. The topological polar surface area (TPSA) is 63.8 Å². The molecule has 0 aliphatic carbocycles. The second kappa shape index (κ2) is 8.44. The molecule has 1 aliphatic rings. The van der Waals surface area contributed by atoms with E-state index in [1.54, 1.807) is 6.20 Å². The van der Waals surface area contributed by atoms with Gasteiger partial charge in [-0.1, -0.05) is 25.1 Å². The highest BCUT2D eigenvalue weighted by atomic mass is 16.5. The lowest BCUT2D eigenvalue weighted by Crippen LogP contribution is -2.22. The van der Waals surface area contributed by atoms with Crippen molar-refractivity contribution in [3.8, 4) is 11.6 Å². The Morgan fingerprint density at radius 2 is 2.00 bits per heavy atom. The third kappa shape index (κ3) is 4.19. The Labute approximate surface area is 181 Å². The minimum absolute atomic E-state index is 0.580. The molecule has 0 bridgehead atoms. The van der Waals surface area contributed by atoms with Gasteiger partial charge in [0, 0.05) is 29.9 Å². The monoisotopic (exact) mass is 409 g/mol. The predicted octanol–water partition coefficient (Wildman–Crippen LogP) is 5.24. The summed E-state index contributed by atoms with van der Waals surface area (Å²) in [6.45, 7) is 2.79. The number of aryl methyl sites for hydroxylation is 1. The molecule has 6 heteroatoms. The van der Waals surface area contributed by atoms with E-state index in [0.29, 0.717) is 24.8 Å². The average Bonchev–Trinajstić information content (AvgIpc) is 3.23. The SMILES string of the molecule is CCc1cccc(NC2=NCCC(Oc3ccc4c(ccn4-c4ccccn4)c3)=N2)c1. The van der Waals surface area contributed by atoms with E-state index in [4.69, 9.17) is 4.74 Å². The lowest BCUT2D eigenvalue weighted by molar-refractivity contribution is 0.532. The lowest BCUT2D eigenvalue weighted by atomic mass is 10.1. The first-order chi connectivity index (χ1) is 15.3. The van der Waals surface area contributed by atoms with E-state index < -0.39 is 0 Å². The minimum Gasteiger partial charge on any atom is -0.443 e. The predicted molar refractivity (Wildman–Crippen MR) is 125 cm³/mol. The van der Waals surface area contributed by atoms with Gasteiger partial charge in [0.05, 0.1) is 12.1 Å². The molecule has 0 saturated carbocycles. The molecule has 0 spiro atoms. The van der Waals surface area contributed by atoms with E-state index in [9.17, 15) is 0 Å².